The average molecular weight is 459 g/mol. The normalized spacial score (nSPS) is 10.8. The highest BCUT2D eigenvalue weighted by Gasteiger charge is 2.09. The smallest absolute Gasteiger partial charge is 0.133 e. The summed E-state index contributed by atoms with van der Waals surface area (Å²) in [5, 5.41) is 8.79. The van der Waals surface area contributed by atoms with Crippen LogP contribution in [0.4, 0.5) is 22.9 Å². The summed E-state index contributed by atoms with van der Waals surface area (Å²) in [6.45, 7) is 0. The van der Waals surface area contributed by atoms with Gasteiger partial charge < -0.3 is 10.6 Å². The second kappa shape index (κ2) is 7.77. The summed E-state index contributed by atoms with van der Waals surface area (Å²) in [6, 6.07) is 23.4. The van der Waals surface area contributed by atoms with Crippen LogP contribution in [-0.2, 0) is 0 Å². The van der Waals surface area contributed by atoms with E-state index in [0.717, 1.165) is 38.3 Å². The third kappa shape index (κ3) is 4.19. The predicted octanol–water partition coefficient (Wildman–Crippen LogP) is 7.79. The van der Waals surface area contributed by atoms with Crippen molar-refractivity contribution in [3.05, 3.63) is 87.3 Å². The number of hydrogen-bond acceptors (Lipinski definition) is 3. The van der Waals surface area contributed by atoms with E-state index in [4.69, 9.17) is 28.2 Å². The zero-order valence-corrected chi connectivity index (χ0v) is 17.1. The Kier molecular flexibility index (Phi) is 5.21. The fraction of sp³-hybridized carbons (Fsp3) is 0. The van der Waals surface area contributed by atoms with Crippen LogP contribution >= 0.6 is 39.1 Å². The fourth-order valence-electron chi connectivity index (χ4n) is 2.76. The van der Waals surface area contributed by atoms with E-state index in [-0.39, 0.29) is 0 Å². The summed E-state index contributed by atoms with van der Waals surface area (Å²) >= 11 is 15.7. The lowest BCUT2D eigenvalue weighted by Gasteiger charge is -2.14. The van der Waals surface area contributed by atoms with Crippen molar-refractivity contribution in [1.82, 2.24) is 4.98 Å². The van der Waals surface area contributed by atoms with Crippen molar-refractivity contribution in [1.29, 1.82) is 0 Å². The molecule has 0 saturated heterocycles. The van der Waals surface area contributed by atoms with Gasteiger partial charge in [0, 0.05) is 27.3 Å². The van der Waals surface area contributed by atoms with Crippen LogP contribution in [0.15, 0.2) is 77.3 Å². The van der Waals surface area contributed by atoms with Gasteiger partial charge in [-0.3, -0.25) is 0 Å². The lowest BCUT2D eigenvalue weighted by molar-refractivity contribution is 1.36. The average Bonchev–Trinajstić information content (AvgIpc) is 2.66. The molecule has 0 fully saturated rings. The molecule has 0 atom stereocenters. The molecule has 0 amide bonds. The highest BCUT2D eigenvalue weighted by Crippen LogP contribution is 2.33. The molecule has 0 unspecified atom stereocenters. The molecule has 4 aromatic rings. The van der Waals surface area contributed by atoms with Crippen LogP contribution in [0.2, 0.25) is 10.0 Å². The summed E-state index contributed by atoms with van der Waals surface area (Å²) in [5.41, 5.74) is 3.62. The van der Waals surface area contributed by atoms with E-state index in [1.807, 2.05) is 60.7 Å². The second-order valence-electron chi connectivity index (χ2n) is 5.96. The van der Waals surface area contributed by atoms with E-state index in [1.165, 1.54) is 0 Å². The molecule has 0 aliphatic heterocycles. The number of pyridine rings is 1. The molecule has 1 aromatic heterocycles. The van der Waals surface area contributed by atoms with Gasteiger partial charge in [-0.2, -0.15) is 0 Å². The van der Waals surface area contributed by atoms with Gasteiger partial charge >= 0.3 is 0 Å². The SMILES string of the molecule is Clc1ccc(Nc2cc(Nc3ccccc3)nc3ccc(Br)cc23)cc1Cl. The highest BCUT2D eigenvalue weighted by molar-refractivity contribution is 9.10. The van der Waals surface area contributed by atoms with Gasteiger partial charge in [0.2, 0.25) is 0 Å². The Morgan fingerprint density at radius 3 is 2.33 bits per heavy atom. The quantitative estimate of drug-likeness (QED) is 0.327. The number of nitrogens with zero attached hydrogens (tertiary/aromatic N) is 1. The van der Waals surface area contributed by atoms with Crippen molar-refractivity contribution in [2.75, 3.05) is 10.6 Å². The molecule has 27 heavy (non-hydrogen) atoms. The molecule has 3 aromatic carbocycles. The number of anilines is 4. The van der Waals surface area contributed by atoms with Crippen molar-refractivity contribution in [2.24, 2.45) is 0 Å². The van der Waals surface area contributed by atoms with Gasteiger partial charge in [0.15, 0.2) is 0 Å². The van der Waals surface area contributed by atoms with E-state index >= 15 is 0 Å². The maximum Gasteiger partial charge on any atom is 0.133 e. The lowest BCUT2D eigenvalue weighted by atomic mass is 10.1. The number of para-hydroxylation sites is 1. The maximum atomic E-state index is 6.16. The summed E-state index contributed by atoms with van der Waals surface area (Å²) in [6.07, 6.45) is 0. The van der Waals surface area contributed by atoms with Crippen molar-refractivity contribution in [3.63, 3.8) is 0 Å². The Balaban J connectivity index is 1.78. The minimum Gasteiger partial charge on any atom is -0.355 e. The van der Waals surface area contributed by atoms with E-state index in [2.05, 4.69) is 26.6 Å². The number of hydrogen-bond donors (Lipinski definition) is 2. The van der Waals surface area contributed by atoms with Crippen LogP contribution in [0.1, 0.15) is 0 Å². The van der Waals surface area contributed by atoms with Gasteiger partial charge in [-0.25, -0.2) is 4.98 Å². The zero-order chi connectivity index (χ0) is 18.8. The minimum absolute atomic E-state index is 0.504. The molecule has 1 heterocycles. The number of fused-ring (bicyclic) bond motifs is 1. The first-order valence-electron chi connectivity index (χ1n) is 8.23. The largest absolute Gasteiger partial charge is 0.355 e. The molecule has 4 rings (SSSR count). The monoisotopic (exact) mass is 457 g/mol. The van der Waals surface area contributed by atoms with Gasteiger partial charge in [-0.15, -0.1) is 0 Å². The van der Waals surface area contributed by atoms with Gasteiger partial charge in [0.1, 0.15) is 5.82 Å². The Bertz CT molecular complexity index is 1120. The van der Waals surface area contributed by atoms with E-state index in [9.17, 15) is 0 Å². The van der Waals surface area contributed by atoms with Crippen LogP contribution in [0.5, 0.6) is 0 Å². The van der Waals surface area contributed by atoms with Crippen LogP contribution in [0, 0.1) is 0 Å². The van der Waals surface area contributed by atoms with Crippen LogP contribution in [0.3, 0.4) is 0 Å². The summed E-state index contributed by atoms with van der Waals surface area (Å²) in [7, 11) is 0. The number of nitrogens with one attached hydrogen (secondary N) is 2. The molecule has 2 N–H and O–H groups in total. The molecule has 0 aliphatic carbocycles. The summed E-state index contributed by atoms with van der Waals surface area (Å²) in [4.78, 5) is 4.73. The van der Waals surface area contributed by atoms with Gasteiger partial charge in [0.05, 0.1) is 21.2 Å². The Morgan fingerprint density at radius 2 is 1.56 bits per heavy atom. The molecule has 0 spiro atoms. The topological polar surface area (TPSA) is 37.0 Å². The van der Waals surface area contributed by atoms with Crippen molar-refractivity contribution >= 4 is 72.9 Å². The molecule has 0 radical (unpaired) electrons. The lowest BCUT2D eigenvalue weighted by Crippen LogP contribution is -1.98. The Hall–Kier alpha value is -2.27. The van der Waals surface area contributed by atoms with Gasteiger partial charge in [-0.05, 0) is 48.5 Å². The number of benzene rings is 3. The number of aromatic nitrogens is 1. The fourth-order valence-corrected chi connectivity index (χ4v) is 3.42. The van der Waals surface area contributed by atoms with E-state index in [0.29, 0.717) is 10.0 Å². The molecule has 0 aliphatic rings. The van der Waals surface area contributed by atoms with Crippen LogP contribution in [-0.4, -0.2) is 4.98 Å². The molecule has 3 nitrogen and oxygen atoms in total. The number of halogens is 3. The Labute approximate surface area is 175 Å². The zero-order valence-electron chi connectivity index (χ0n) is 14.0. The van der Waals surface area contributed by atoms with Crippen molar-refractivity contribution < 1.29 is 0 Å². The third-order valence-corrected chi connectivity index (χ3v) is 5.25. The maximum absolute atomic E-state index is 6.16. The van der Waals surface area contributed by atoms with Gasteiger partial charge in [0.25, 0.3) is 0 Å². The van der Waals surface area contributed by atoms with Crippen molar-refractivity contribution in [2.45, 2.75) is 0 Å². The summed E-state index contributed by atoms with van der Waals surface area (Å²) < 4.78 is 0.984. The van der Waals surface area contributed by atoms with Crippen LogP contribution in [0.25, 0.3) is 10.9 Å². The molecule has 0 saturated carbocycles. The molecular weight excluding hydrogens is 445 g/mol. The number of rotatable bonds is 4. The van der Waals surface area contributed by atoms with Gasteiger partial charge in [-0.1, -0.05) is 57.3 Å². The first kappa shape index (κ1) is 18.1. The Morgan fingerprint density at radius 1 is 0.741 bits per heavy atom. The highest BCUT2D eigenvalue weighted by atomic mass is 79.9. The molecule has 134 valence electrons. The standard InChI is InChI=1S/C21H14BrCl2N3/c22-13-6-9-19-16(10-13)20(25-15-7-8-17(23)18(24)11-15)12-21(27-19)26-14-4-2-1-3-5-14/h1-12H,(H2,25,26,27). The second-order valence-corrected chi connectivity index (χ2v) is 7.69. The summed E-state index contributed by atoms with van der Waals surface area (Å²) in [5.74, 6) is 0.749. The minimum atomic E-state index is 0.504. The third-order valence-electron chi connectivity index (χ3n) is 4.02. The van der Waals surface area contributed by atoms with Crippen LogP contribution < -0.4 is 10.6 Å². The van der Waals surface area contributed by atoms with Crippen molar-refractivity contribution in [3.8, 4) is 0 Å². The van der Waals surface area contributed by atoms with E-state index in [1.54, 1.807) is 12.1 Å². The molecular formula is C21H14BrCl2N3. The predicted molar refractivity (Wildman–Crippen MR) is 119 cm³/mol. The first-order chi connectivity index (χ1) is 13.1. The molecule has 6 heteroatoms. The first-order valence-corrected chi connectivity index (χ1v) is 9.78. The van der Waals surface area contributed by atoms with E-state index < -0.39 is 0 Å². The molecule has 0 bridgehead atoms.